The minimum atomic E-state index is -0.142. The summed E-state index contributed by atoms with van der Waals surface area (Å²) in [6, 6.07) is 5.34. The molecule has 0 saturated heterocycles. The molecule has 0 aliphatic carbocycles. The largest absolute Gasteiger partial charge is 0.317 e. The van der Waals surface area contributed by atoms with Crippen LogP contribution in [-0.4, -0.2) is 13.1 Å². The highest BCUT2D eigenvalue weighted by molar-refractivity contribution is 9.10. The second-order valence-electron chi connectivity index (χ2n) is 3.09. The van der Waals surface area contributed by atoms with Gasteiger partial charge in [-0.05, 0) is 32.5 Å². The van der Waals surface area contributed by atoms with Gasteiger partial charge < -0.3 is 5.32 Å². The van der Waals surface area contributed by atoms with Gasteiger partial charge in [0.2, 0.25) is 0 Å². The number of hydrogen-bond acceptors (Lipinski definition) is 1. The van der Waals surface area contributed by atoms with E-state index in [1.165, 1.54) is 6.07 Å². The standard InChI is InChI=1S/C10H13BrFN/c1-7(13-2)6-8-9(11)4-3-5-10(8)12/h3-5,7,13H,6H2,1-2H3. The SMILES string of the molecule is CNC(C)Cc1c(F)cccc1Br. The van der Waals surface area contributed by atoms with Gasteiger partial charge in [0.25, 0.3) is 0 Å². The molecule has 0 spiro atoms. The second kappa shape index (κ2) is 4.72. The summed E-state index contributed by atoms with van der Waals surface area (Å²) < 4.78 is 14.1. The third-order valence-electron chi connectivity index (χ3n) is 2.06. The van der Waals surface area contributed by atoms with Crippen LogP contribution in [0.2, 0.25) is 0 Å². The Morgan fingerprint density at radius 2 is 2.23 bits per heavy atom. The zero-order chi connectivity index (χ0) is 9.84. The van der Waals surface area contributed by atoms with E-state index in [1.807, 2.05) is 20.0 Å². The normalized spacial score (nSPS) is 12.9. The average molecular weight is 246 g/mol. The molecule has 1 aromatic rings. The monoisotopic (exact) mass is 245 g/mol. The summed E-state index contributed by atoms with van der Waals surface area (Å²) in [6.07, 6.45) is 0.698. The highest BCUT2D eigenvalue weighted by atomic mass is 79.9. The van der Waals surface area contributed by atoms with Crippen LogP contribution in [0, 0.1) is 5.82 Å². The molecule has 0 aliphatic rings. The van der Waals surface area contributed by atoms with E-state index in [9.17, 15) is 4.39 Å². The first-order valence-electron chi connectivity index (χ1n) is 4.25. The molecule has 0 fully saturated rings. The van der Waals surface area contributed by atoms with Gasteiger partial charge in [-0.15, -0.1) is 0 Å². The third-order valence-corrected chi connectivity index (χ3v) is 2.81. The van der Waals surface area contributed by atoms with Crippen molar-refractivity contribution < 1.29 is 4.39 Å². The van der Waals surface area contributed by atoms with Crippen molar-refractivity contribution in [1.29, 1.82) is 0 Å². The van der Waals surface area contributed by atoms with Gasteiger partial charge in [0.05, 0.1) is 0 Å². The molecule has 1 unspecified atom stereocenters. The Balaban J connectivity index is 2.87. The molecule has 13 heavy (non-hydrogen) atoms. The van der Waals surface area contributed by atoms with Crippen LogP contribution in [0.1, 0.15) is 12.5 Å². The molecule has 1 N–H and O–H groups in total. The Hall–Kier alpha value is -0.410. The second-order valence-corrected chi connectivity index (χ2v) is 3.95. The van der Waals surface area contributed by atoms with Gasteiger partial charge in [-0.25, -0.2) is 4.39 Å². The summed E-state index contributed by atoms with van der Waals surface area (Å²) in [7, 11) is 1.87. The van der Waals surface area contributed by atoms with Gasteiger partial charge >= 0.3 is 0 Å². The van der Waals surface area contributed by atoms with E-state index in [-0.39, 0.29) is 11.9 Å². The Bertz CT molecular complexity index is 268. The average Bonchev–Trinajstić information content (AvgIpc) is 2.11. The summed E-state index contributed by atoms with van der Waals surface area (Å²) in [5.41, 5.74) is 0.740. The van der Waals surface area contributed by atoms with Crippen molar-refractivity contribution in [2.24, 2.45) is 0 Å². The molecule has 1 atom stereocenters. The quantitative estimate of drug-likeness (QED) is 0.864. The van der Waals surface area contributed by atoms with Crippen molar-refractivity contribution in [3.63, 3.8) is 0 Å². The first kappa shape index (κ1) is 10.7. The highest BCUT2D eigenvalue weighted by Crippen LogP contribution is 2.20. The molecule has 0 heterocycles. The van der Waals surface area contributed by atoms with Crippen molar-refractivity contribution in [2.75, 3.05) is 7.05 Å². The predicted molar refractivity (Wildman–Crippen MR) is 56.3 cm³/mol. The van der Waals surface area contributed by atoms with Crippen LogP contribution >= 0.6 is 15.9 Å². The van der Waals surface area contributed by atoms with Crippen LogP contribution in [0.25, 0.3) is 0 Å². The van der Waals surface area contributed by atoms with E-state index in [0.717, 1.165) is 10.0 Å². The van der Waals surface area contributed by atoms with Crippen LogP contribution in [0.4, 0.5) is 4.39 Å². The number of likely N-dealkylation sites (N-methyl/N-ethyl adjacent to an activating group) is 1. The molecular weight excluding hydrogens is 233 g/mol. The Kier molecular flexibility index (Phi) is 3.88. The van der Waals surface area contributed by atoms with Crippen molar-refractivity contribution in [2.45, 2.75) is 19.4 Å². The number of nitrogens with one attached hydrogen (secondary N) is 1. The molecule has 0 saturated carbocycles. The highest BCUT2D eigenvalue weighted by Gasteiger charge is 2.09. The smallest absolute Gasteiger partial charge is 0.127 e. The van der Waals surface area contributed by atoms with E-state index in [1.54, 1.807) is 6.07 Å². The molecular formula is C10H13BrFN. The van der Waals surface area contributed by atoms with E-state index in [0.29, 0.717) is 6.42 Å². The van der Waals surface area contributed by atoms with Gasteiger partial charge in [-0.2, -0.15) is 0 Å². The van der Waals surface area contributed by atoms with E-state index >= 15 is 0 Å². The van der Waals surface area contributed by atoms with Gasteiger partial charge in [0.15, 0.2) is 0 Å². The molecule has 0 aromatic heterocycles. The summed E-state index contributed by atoms with van der Waals surface area (Å²) in [4.78, 5) is 0. The Morgan fingerprint density at radius 1 is 1.54 bits per heavy atom. The fourth-order valence-electron chi connectivity index (χ4n) is 1.14. The van der Waals surface area contributed by atoms with Gasteiger partial charge in [0, 0.05) is 16.1 Å². The molecule has 3 heteroatoms. The van der Waals surface area contributed by atoms with Crippen LogP contribution in [0.15, 0.2) is 22.7 Å². The summed E-state index contributed by atoms with van der Waals surface area (Å²) in [6.45, 7) is 2.03. The topological polar surface area (TPSA) is 12.0 Å². The minimum absolute atomic E-state index is 0.142. The van der Waals surface area contributed by atoms with Gasteiger partial charge in [-0.3, -0.25) is 0 Å². The Labute approximate surface area is 86.5 Å². The lowest BCUT2D eigenvalue weighted by Gasteiger charge is -2.11. The molecule has 0 bridgehead atoms. The number of hydrogen-bond donors (Lipinski definition) is 1. The zero-order valence-corrected chi connectivity index (χ0v) is 9.36. The van der Waals surface area contributed by atoms with Crippen LogP contribution in [0.3, 0.4) is 0 Å². The first-order valence-corrected chi connectivity index (χ1v) is 5.04. The summed E-state index contributed by atoms with van der Waals surface area (Å²) >= 11 is 3.34. The van der Waals surface area contributed by atoms with Crippen LogP contribution in [-0.2, 0) is 6.42 Å². The number of rotatable bonds is 3. The lowest BCUT2D eigenvalue weighted by Crippen LogP contribution is -2.24. The fourth-order valence-corrected chi connectivity index (χ4v) is 1.64. The van der Waals surface area contributed by atoms with Crippen molar-refractivity contribution >= 4 is 15.9 Å². The summed E-state index contributed by atoms with van der Waals surface area (Å²) in [5.74, 6) is -0.142. The van der Waals surface area contributed by atoms with Gasteiger partial charge in [0.1, 0.15) is 5.82 Å². The molecule has 1 aromatic carbocycles. The van der Waals surface area contributed by atoms with E-state index < -0.39 is 0 Å². The van der Waals surface area contributed by atoms with Crippen molar-refractivity contribution in [1.82, 2.24) is 5.32 Å². The molecule has 1 rings (SSSR count). The maximum Gasteiger partial charge on any atom is 0.127 e. The lowest BCUT2D eigenvalue weighted by atomic mass is 10.1. The molecule has 72 valence electrons. The molecule has 1 nitrogen and oxygen atoms in total. The zero-order valence-electron chi connectivity index (χ0n) is 7.77. The maximum atomic E-state index is 13.3. The fraction of sp³-hybridized carbons (Fsp3) is 0.400. The number of benzene rings is 1. The van der Waals surface area contributed by atoms with E-state index in [2.05, 4.69) is 21.2 Å². The first-order chi connectivity index (χ1) is 6.15. The molecule has 0 aliphatic heterocycles. The lowest BCUT2D eigenvalue weighted by molar-refractivity contribution is 0.562. The van der Waals surface area contributed by atoms with Crippen LogP contribution < -0.4 is 5.32 Å². The van der Waals surface area contributed by atoms with E-state index in [4.69, 9.17) is 0 Å². The Morgan fingerprint density at radius 3 is 2.77 bits per heavy atom. The third kappa shape index (κ3) is 2.78. The van der Waals surface area contributed by atoms with Crippen LogP contribution in [0.5, 0.6) is 0 Å². The summed E-state index contributed by atoms with van der Waals surface area (Å²) in [5, 5.41) is 3.08. The van der Waals surface area contributed by atoms with Gasteiger partial charge in [-0.1, -0.05) is 22.0 Å². The molecule has 0 amide bonds. The number of halogens is 2. The minimum Gasteiger partial charge on any atom is -0.317 e. The molecule has 0 radical (unpaired) electrons. The maximum absolute atomic E-state index is 13.3. The predicted octanol–water partition coefficient (Wildman–Crippen LogP) is 2.74. The van der Waals surface area contributed by atoms with Crippen molar-refractivity contribution in [3.05, 3.63) is 34.1 Å². The van der Waals surface area contributed by atoms with Crippen molar-refractivity contribution in [3.8, 4) is 0 Å².